The van der Waals surface area contributed by atoms with Gasteiger partial charge in [-0.25, -0.2) is 8.42 Å². The minimum absolute atomic E-state index is 0.0396. The second-order valence-electron chi connectivity index (χ2n) is 9.35. The molecule has 3 rings (SSSR count). The van der Waals surface area contributed by atoms with Gasteiger partial charge in [0.05, 0.1) is 11.9 Å². The Labute approximate surface area is 223 Å². The molecule has 0 aliphatic heterocycles. The maximum absolute atomic E-state index is 13.7. The van der Waals surface area contributed by atoms with E-state index in [0.29, 0.717) is 21.3 Å². The molecule has 10 heteroatoms. The average molecular weight is 555 g/mol. The highest BCUT2D eigenvalue weighted by atomic mass is 35.5. The van der Waals surface area contributed by atoms with Crippen molar-refractivity contribution >= 4 is 50.7 Å². The highest BCUT2D eigenvalue weighted by Gasteiger charge is 2.32. The average Bonchev–Trinajstić information content (AvgIpc) is 2.82. The third-order valence-corrected chi connectivity index (χ3v) is 8.36. The molecule has 1 aliphatic carbocycles. The van der Waals surface area contributed by atoms with Crippen LogP contribution in [0, 0.1) is 6.92 Å². The number of anilines is 1. The Kier molecular flexibility index (Phi) is 9.66. The predicted molar refractivity (Wildman–Crippen MR) is 145 cm³/mol. The van der Waals surface area contributed by atoms with Crippen molar-refractivity contribution in [3.8, 4) is 0 Å². The van der Waals surface area contributed by atoms with Crippen molar-refractivity contribution in [1.82, 2.24) is 10.2 Å². The molecule has 0 radical (unpaired) electrons. The molecule has 7 nitrogen and oxygen atoms in total. The van der Waals surface area contributed by atoms with E-state index in [9.17, 15) is 18.0 Å². The van der Waals surface area contributed by atoms with Gasteiger partial charge in [-0.2, -0.15) is 0 Å². The highest BCUT2D eigenvalue weighted by molar-refractivity contribution is 7.92. The number of rotatable bonds is 9. The Morgan fingerprint density at radius 2 is 1.61 bits per heavy atom. The molecule has 1 atom stereocenters. The lowest BCUT2D eigenvalue weighted by Gasteiger charge is -2.33. The quantitative estimate of drug-likeness (QED) is 0.476. The molecule has 2 aromatic carbocycles. The number of nitrogens with one attached hydrogen (secondary N) is 1. The fraction of sp³-hybridized carbons (Fsp3) is 0.462. The van der Waals surface area contributed by atoms with E-state index in [0.717, 1.165) is 48.2 Å². The molecule has 36 heavy (non-hydrogen) atoms. The summed E-state index contributed by atoms with van der Waals surface area (Å²) in [5.41, 5.74) is 1.82. The van der Waals surface area contributed by atoms with Crippen molar-refractivity contribution in [2.45, 2.75) is 64.6 Å². The molecular formula is C26H33Cl2N3O4S. The normalized spacial score (nSPS) is 15.2. The number of amides is 2. The van der Waals surface area contributed by atoms with Gasteiger partial charge >= 0.3 is 0 Å². The first-order valence-corrected chi connectivity index (χ1v) is 14.6. The van der Waals surface area contributed by atoms with Gasteiger partial charge in [0, 0.05) is 28.2 Å². The lowest BCUT2D eigenvalue weighted by Crippen LogP contribution is -2.53. The Bertz CT molecular complexity index is 1160. The summed E-state index contributed by atoms with van der Waals surface area (Å²) in [5, 5.41) is 3.78. The molecule has 0 spiro atoms. The van der Waals surface area contributed by atoms with Crippen LogP contribution in [0.3, 0.4) is 0 Å². The van der Waals surface area contributed by atoms with Crippen LogP contribution in [0.2, 0.25) is 10.0 Å². The summed E-state index contributed by atoms with van der Waals surface area (Å²) in [6.07, 6.45) is 6.11. The number of halogens is 2. The van der Waals surface area contributed by atoms with Crippen molar-refractivity contribution in [2.75, 3.05) is 17.1 Å². The first-order valence-electron chi connectivity index (χ1n) is 12.0. The van der Waals surface area contributed by atoms with Crippen molar-refractivity contribution < 1.29 is 18.0 Å². The first kappa shape index (κ1) is 28.3. The maximum Gasteiger partial charge on any atom is 0.244 e. The molecule has 1 N–H and O–H groups in total. The van der Waals surface area contributed by atoms with Crippen molar-refractivity contribution in [3.63, 3.8) is 0 Å². The number of aryl methyl sites for hydroxylation is 1. The minimum Gasteiger partial charge on any atom is -0.352 e. The maximum atomic E-state index is 13.7. The zero-order chi connectivity index (χ0) is 26.5. The second-order valence-corrected chi connectivity index (χ2v) is 12.1. The lowest BCUT2D eigenvalue weighted by molar-refractivity contribution is -0.139. The van der Waals surface area contributed by atoms with Crippen LogP contribution < -0.4 is 9.62 Å². The van der Waals surface area contributed by atoms with E-state index in [2.05, 4.69) is 5.32 Å². The van der Waals surface area contributed by atoms with Gasteiger partial charge < -0.3 is 10.2 Å². The molecule has 2 amide bonds. The summed E-state index contributed by atoms with van der Waals surface area (Å²) in [5.74, 6) is -0.831. The predicted octanol–water partition coefficient (Wildman–Crippen LogP) is 4.93. The molecule has 0 heterocycles. The molecule has 2 aromatic rings. The third kappa shape index (κ3) is 7.37. The summed E-state index contributed by atoms with van der Waals surface area (Å²) in [6, 6.07) is 11.1. The van der Waals surface area contributed by atoms with Gasteiger partial charge in [0.25, 0.3) is 0 Å². The van der Waals surface area contributed by atoms with Gasteiger partial charge in [-0.3, -0.25) is 13.9 Å². The Hall–Kier alpha value is -2.29. The van der Waals surface area contributed by atoms with E-state index in [4.69, 9.17) is 23.2 Å². The number of carbonyl (C=O) groups excluding carboxylic acids is 2. The van der Waals surface area contributed by atoms with Crippen LogP contribution in [0.25, 0.3) is 0 Å². The molecule has 1 fully saturated rings. The fourth-order valence-electron chi connectivity index (χ4n) is 4.33. The number of carbonyl (C=O) groups is 2. The highest BCUT2D eigenvalue weighted by Crippen LogP contribution is 2.27. The van der Waals surface area contributed by atoms with Crippen molar-refractivity contribution in [3.05, 3.63) is 63.6 Å². The van der Waals surface area contributed by atoms with E-state index in [1.807, 2.05) is 6.92 Å². The van der Waals surface area contributed by atoms with Gasteiger partial charge in [-0.1, -0.05) is 66.2 Å². The smallest absolute Gasteiger partial charge is 0.244 e. The number of hydrogen-bond acceptors (Lipinski definition) is 4. The molecule has 1 aliphatic rings. The van der Waals surface area contributed by atoms with Crippen LogP contribution in [0.15, 0.2) is 42.5 Å². The number of hydrogen-bond donors (Lipinski definition) is 1. The molecule has 1 saturated carbocycles. The number of benzene rings is 2. The zero-order valence-corrected chi connectivity index (χ0v) is 23.2. The summed E-state index contributed by atoms with van der Waals surface area (Å²) in [7, 11) is -3.78. The van der Waals surface area contributed by atoms with Crippen LogP contribution in [-0.2, 0) is 26.2 Å². The number of nitrogens with zero attached hydrogens (tertiary/aromatic N) is 2. The topological polar surface area (TPSA) is 86.8 Å². The Balaban J connectivity index is 1.91. The van der Waals surface area contributed by atoms with Gasteiger partial charge in [0.15, 0.2) is 0 Å². The van der Waals surface area contributed by atoms with E-state index < -0.39 is 28.5 Å². The largest absolute Gasteiger partial charge is 0.352 e. The molecule has 0 saturated heterocycles. The zero-order valence-electron chi connectivity index (χ0n) is 20.8. The SMILES string of the molecule is Cc1ccc(N(CC(=O)N(Cc2c(Cl)cccc2Cl)[C@H](C)C(=O)NC2CCCCC2)S(C)(=O)=O)cc1. The fourth-order valence-corrected chi connectivity index (χ4v) is 5.70. The van der Waals surface area contributed by atoms with Crippen LogP contribution in [0.5, 0.6) is 0 Å². The molecule has 196 valence electrons. The summed E-state index contributed by atoms with van der Waals surface area (Å²) < 4.78 is 26.3. The Morgan fingerprint density at radius 3 is 2.17 bits per heavy atom. The third-order valence-electron chi connectivity index (χ3n) is 6.51. The van der Waals surface area contributed by atoms with E-state index in [1.165, 1.54) is 4.90 Å². The monoisotopic (exact) mass is 553 g/mol. The van der Waals surface area contributed by atoms with Crippen molar-refractivity contribution in [2.24, 2.45) is 0 Å². The first-order chi connectivity index (χ1) is 17.0. The molecule has 0 aromatic heterocycles. The lowest BCUT2D eigenvalue weighted by atomic mass is 9.95. The van der Waals surface area contributed by atoms with Gasteiger partial charge in [0.2, 0.25) is 21.8 Å². The molecule has 0 bridgehead atoms. The minimum atomic E-state index is -3.78. The van der Waals surface area contributed by atoms with E-state index in [-0.39, 0.29) is 18.5 Å². The van der Waals surface area contributed by atoms with Crippen LogP contribution in [-0.4, -0.2) is 50.0 Å². The van der Waals surface area contributed by atoms with Gasteiger partial charge in [-0.05, 0) is 51.0 Å². The molecule has 0 unspecified atom stereocenters. The standard InChI is InChI=1S/C26H33Cl2N3O4S/c1-18-12-14-21(15-13-18)31(36(3,34)35)17-25(32)30(16-22-23(27)10-7-11-24(22)28)19(2)26(33)29-20-8-5-4-6-9-20/h7,10-15,19-20H,4-6,8-9,16-17H2,1-3H3,(H,29,33)/t19-/m1/s1. The Morgan fingerprint density at radius 1 is 1.03 bits per heavy atom. The summed E-state index contributed by atoms with van der Waals surface area (Å²) >= 11 is 12.8. The summed E-state index contributed by atoms with van der Waals surface area (Å²) in [6.45, 7) is 3.02. The molecular weight excluding hydrogens is 521 g/mol. The van der Waals surface area contributed by atoms with E-state index >= 15 is 0 Å². The van der Waals surface area contributed by atoms with E-state index in [1.54, 1.807) is 49.4 Å². The van der Waals surface area contributed by atoms with Gasteiger partial charge in [0.1, 0.15) is 12.6 Å². The number of sulfonamides is 1. The second kappa shape index (κ2) is 12.3. The summed E-state index contributed by atoms with van der Waals surface area (Å²) in [4.78, 5) is 28.2. The van der Waals surface area contributed by atoms with Crippen LogP contribution in [0.1, 0.15) is 50.2 Å². The van der Waals surface area contributed by atoms with Gasteiger partial charge in [-0.15, -0.1) is 0 Å². The van der Waals surface area contributed by atoms with Crippen LogP contribution >= 0.6 is 23.2 Å². The van der Waals surface area contributed by atoms with Crippen molar-refractivity contribution in [1.29, 1.82) is 0 Å². The van der Waals surface area contributed by atoms with Crippen LogP contribution in [0.4, 0.5) is 5.69 Å².